The topological polar surface area (TPSA) is 49.3 Å². The van der Waals surface area contributed by atoms with E-state index in [-0.39, 0.29) is 12.1 Å². The van der Waals surface area contributed by atoms with Gasteiger partial charge in [-0.3, -0.25) is 4.79 Å². The summed E-state index contributed by atoms with van der Waals surface area (Å²) in [5.41, 5.74) is 0.626. The van der Waals surface area contributed by atoms with Crippen molar-refractivity contribution < 1.29 is 18.7 Å². The molecular weight excluding hydrogens is 264 g/mol. The minimum absolute atomic E-state index is 0.0211. The van der Waals surface area contributed by atoms with Gasteiger partial charge in [-0.05, 0) is 17.7 Å². The van der Waals surface area contributed by atoms with E-state index in [2.05, 4.69) is 5.32 Å². The molecule has 2 aromatic carbocycles. The molecule has 1 atom stereocenters. The average Bonchev–Trinajstić information content (AvgIpc) is 2.38. The molecule has 0 fully saturated rings. The van der Waals surface area contributed by atoms with Crippen molar-refractivity contribution in [1.82, 2.24) is 0 Å². The van der Waals surface area contributed by atoms with E-state index in [1.54, 1.807) is 30.3 Å². The van der Waals surface area contributed by atoms with Crippen molar-refractivity contribution in [2.24, 2.45) is 0 Å². The summed E-state index contributed by atoms with van der Waals surface area (Å²) in [7, 11) is 0. The third-order valence-electron chi connectivity index (χ3n) is 2.71. The number of rotatable bonds is 4. The Bertz CT molecular complexity index is 582. The third kappa shape index (κ3) is 3.86. The summed E-state index contributed by atoms with van der Waals surface area (Å²) in [6, 6.07) is 11.4. The minimum atomic E-state index is -0.963. The van der Waals surface area contributed by atoms with E-state index < -0.39 is 23.6 Å². The summed E-state index contributed by atoms with van der Waals surface area (Å²) in [5, 5.41) is 12.2. The Kier molecular flexibility index (Phi) is 4.42. The first kappa shape index (κ1) is 14.1. The number of carbonyl (C=O) groups excluding carboxylic acids is 1. The van der Waals surface area contributed by atoms with Crippen molar-refractivity contribution in [1.29, 1.82) is 0 Å². The molecular formula is C15H13F2NO2. The van der Waals surface area contributed by atoms with Gasteiger partial charge in [-0.15, -0.1) is 0 Å². The Morgan fingerprint density at radius 2 is 1.70 bits per heavy atom. The van der Waals surface area contributed by atoms with Gasteiger partial charge in [0.25, 0.3) is 0 Å². The van der Waals surface area contributed by atoms with Crippen LogP contribution in [0.15, 0.2) is 48.5 Å². The maximum absolute atomic E-state index is 13.0. The molecule has 5 heteroatoms. The van der Waals surface area contributed by atoms with Crippen LogP contribution < -0.4 is 5.32 Å². The van der Waals surface area contributed by atoms with Gasteiger partial charge in [-0.25, -0.2) is 8.78 Å². The second-order valence-corrected chi connectivity index (χ2v) is 4.34. The zero-order chi connectivity index (χ0) is 14.5. The molecule has 2 N–H and O–H groups in total. The van der Waals surface area contributed by atoms with E-state index in [0.717, 1.165) is 12.1 Å². The van der Waals surface area contributed by atoms with E-state index in [9.17, 15) is 18.7 Å². The molecule has 20 heavy (non-hydrogen) atoms. The molecule has 0 aliphatic heterocycles. The second-order valence-electron chi connectivity index (χ2n) is 4.34. The number of aliphatic hydroxyl groups is 1. The van der Waals surface area contributed by atoms with Gasteiger partial charge in [0.05, 0.1) is 12.5 Å². The van der Waals surface area contributed by atoms with Gasteiger partial charge in [0.15, 0.2) is 0 Å². The van der Waals surface area contributed by atoms with Crippen LogP contribution in [-0.2, 0) is 4.79 Å². The summed E-state index contributed by atoms with van der Waals surface area (Å²) in [6.07, 6.45) is -1.16. The summed E-state index contributed by atoms with van der Waals surface area (Å²) >= 11 is 0. The average molecular weight is 277 g/mol. The number of hydrogen-bond acceptors (Lipinski definition) is 2. The molecule has 0 saturated heterocycles. The molecule has 0 aromatic heterocycles. The Hall–Kier alpha value is -2.27. The molecule has 1 amide bonds. The lowest BCUT2D eigenvalue weighted by Crippen LogP contribution is -2.15. The highest BCUT2D eigenvalue weighted by Gasteiger charge is 2.13. The highest BCUT2D eigenvalue weighted by Crippen LogP contribution is 2.18. The molecule has 1 unspecified atom stereocenters. The van der Waals surface area contributed by atoms with Gasteiger partial charge < -0.3 is 10.4 Å². The fraction of sp³-hybridized carbons (Fsp3) is 0.133. The van der Waals surface area contributed by atoms with Gasteiger partial charge in [0.2, 0.25) is 5.91 Å². The number of carbonyl (C=O) groups is 1. The summed E-state index contributed by atoms with van der Waals surface area (Å²) in [5.74, 6) is -2.07. The van der Waals surface area contributed by atoms with Crippen LogP contribution in [0.2, 0.25) is 0 Å². The van der Waals surface area contributed by atoms with E-state index >= 15 is 0 Å². The maximum atomic E-state index is 13.0. The van der Waals surface area contributed by atoms with Crippen LogP contribution >= 0.6 is 0 Å². The number of amides is 1. The fourth-order valence-electron chi connectivity index (χ4n) is 1.81. The number of nitrogens with one attached hydrogen (secondary N) is 1. The Morgan fingerprint density at radius 3 is 2.30 bits per heavy atom. The molecule has 0 heterocycles. The number of halogens is 2. The van der Waals surface area contributed by atoms with Crippen LogP contribution in [0.1, 0.15) is 18.1 Å². The molecule has 0 radical (unpaired) electrons. The summed E-state index contributed by atoms with van der Waals surface area (Å²) < 4.78 is 25.9. The van der Waals surface area contributed by atoms with Gasteiger partial charge in [-0.2, -0.15) is 0 Å². The first-order chi connectivity index (χ1) is 9.54. The van der Waals surface area contributed by atoms with Crippen molar-refractivity contribution in [3.63, 3.8) is 0 Å². The molecule has 2 rings (SSSR count). The maximum Gasteiger partial charge on any atom is 0.227 e. The molecule has 0 bridgehead atoms. The molecule has 0 aliphatic carbocycles. The fourth-order valence-corrected chi connectivity index (χ4v) is 1.81. The predicted molar refractivity (Wildman–Crippen MR) is 71.0 cm³/mol. The number of hydrogen-bond donors (Lipinski definition) is 2. The van der Waals surface area contributed by atoms with Crippen molar-refractivity contribution in [3.05, 3.63) is 65.7 Å². The van der Waals surface area contributed by atoms with Gasteiger partial charge in [0.1, 0.15) is 11.6 Å². The van der Waals surface area contributed by atoms with Crippen LogP contribution in [0.3, 0.4) is 0 Å². The summed E-state index contributed by atoms with van der Waals surface area (Å²) in [6.45, 7) is 0. The van der Waals surface area contributed by atoms with E-state index in [4.69, 9.17) is 0 Å². The smallest absolute Gasteiger partial charge is 0.227 e. The van der Waals surface area contributed by atoms with Crippen LogP contribution in [0.5, 0.6) is 0 Å². The van der Waals surface area contributed by atoms with Crippen LogP contribution in [0.25, 0.3) is 0 Å². The largest absolute Gasteiger partial charge is 0.388 e. The number of benzene rings is 2. The van der Waals surface area contributed by atoms with Crippen LogP contribution in [0, 0.1) is 11.6 Å². The summed E-state index contributed by atoms with van der Waals surface area (Å²) in [4.78, 5) is 11.7. The first-order valence-corrected chi connectivity index (χ1v) is 6.03. The van der Waals surface area contributed by atoms with Crippen LogP contribution in [0.4, 0.5) is 14.5 Å². The Labute approximate surface area is 114 Å². The second kappa shape index (κ2) is 6.25. The molecule has 3 nitrogen and oxygen atoms in total. The quantitative estimate of drug-likeness (QED) is 0.902. The molecule has 0 spiro atoms. The highest BCUT2D eigenvalue weighted by atomic mass is 19.1. The van der Waals surface area contributed by atoms with Crippen LogP contribution in [-0.4, -0.2) is 11.0 Å². The normalized spacial score (nSPS) is 11.9. The lowest BCUT2D eigenvalue weighted by Gasteiger charge is -2.11. The van der Waals surface area contributed by atoms with Crippen molar-refractivity contribution in [2.75, 3.05) is 5.32 Å². The molecule has 0 saturated carbocycles. The van der Waals surface area contributed by atoms with Gasteiger partial charge >= 0.3 is 0 Å². The number of aliphatic hydroxyl groups excluding tert-OH is 1. The number of anilines is 1. The van der Waals surface area contributed by atoms with Crippen molar-refractivity contribution >= 4 is 11.6 Å². The standard InChI is InChI=1S/C15H13F2NO2/c16-11-6-12(17)8-13(7-11)18-15(20)9-14(19)10-4-2-1-3-5-10/h1-8,14,19H,9H2,(H,18,20). The van der Waals surface area contributed by atoms with Crippen molar-refractivity contribution in [2.45, 2.75) is 12.5 Å². The first-order valence-electron chi connectivity index (χ1n) is 6.03. The van der Waals surface area contributed by atoms with Gasteiger partial charge in [-0.1, -0.05) is 30.3 Å². The predicted octanol–water partition coefficient (Wildman–Crippen LogP) is 3.03. The lowest BCUT2D eigenvalue weighted by molar-refractivity contribution is -0.118. The SMILES string of the molecule is O=C(CC(O)c1ccccc1)Nc1cc(F)cc(F)c1. The Morgan fingerprint density at radius 1 is 1.10 bits per heavy atom. The third-order valence-corrected chi connectivity index (χ3v) is 2.71. The van der Waals surface area contributed by atoms with Gasteiger partial charge in [0, 0.05) is 11.8 Å². The molecule has 0 aliphatic rings. The molecule has 2 aromatic rings. The minimum Gasteiger partial charge on any atom is -0.388 e. The zero-order valence-corrected chi connectivity index (χ0v) is 10.5. The van der Waals surface area contributed by atoms with E-state index in [1.807, 2.05) is 0 Å². The van der Waals surface area contributed by atoms with E-state index in [0.29, 0.717) is 11.6 Å². The highest BCUT2D eigenvalue weighted by molar-refractivity contribution is 5.91. The van der Waals surface area contributed by atoms with Crippen molar-refractivity contribution in [3.8, 4) is 0 Å². The lowest BCUT2D eigenvalue weighted by atomic mass is 10.1. The Balaban J connectivity index is 1.99. The monoisotopic (exact) mass is 277 g/mol. The zero-order valence-electron chi connectivity index (χ0n) is 10.5. The molecule has 104 valence electrons. The van der Waals surface area contributed by atoms with E-state index in [1.165, 1.54) is 0 Å².